The summed E-state index contributed by atoms with van der Waals surface area (Å²) in [4.78, 5) is 29.5. The third-order valence-electron chi connectivity index (χ3n) is 8.16. The van der Waals surface area contributed by atoms with Crippen molar-refractivity contribution in [1.82, 2.24) is 14.6 Å². The molecule has 3 aromatic rings. The van der Waals surface area contributed by atoms with Crippen molar-refractivity contribution >= 4 is 23.2 Å². The summed E-state index contributed by atoms with van der Waals surface area (Å²) in [6.45, 7) is -0.401. The number of aromatic nitrogens is 3. The maximum Gasteiger partial charge on any atom is 0.307 e. The minimum atomic E-state index is -2.09. The Morgan fingerprint density at radius 1 is 1.21 bits per heavy atom. The van der Waals surface area contributed by atoms with Crippen LogP contribution in [0.4, 0.5) is 10.2 Å². The number of rotatable bonds is 9. The molecule has 1 saturated heterocycles. The number of benzene rings is 1. The first-order valence-electron chi connectivity index (χ1n) is 14.1. The average molecular weight is 596 g/mol. The second kappa shape index (κ2) is 12.3. The first-order chi connectivity index (χ1) is 20.5. The fourth-order valence-corrected chi connectivity index (χ4v) is 5.75. The Kier molecular flexibility index (Phi) is 8.72. The molecule has 1 saturated carbocycles. The molecule has 2 aliphatic rings. The Hall–Kier alpha value is -4.00. The number of ether oxygens (including phenoxy) is 2. The molecule has 5 rings (SSSR count). The zero-order valence-electron chi connectivity index (χ0n) is 23.4. The van der Waals surface area contributed by atoms with Gasteiger partial charge in [0.1, 0.15) is 48.6 Å². The van der Waals surface area contributed by atoms with Gasteiger partial charge >= 0.3 is 5.97 Å². The van der Waals surface area contributed by atoms with Crippen molar-refractivity contribution in [3.63, 3.8) is 0 Å². The first kappa shape index (κ1) is 30.5. The number of carbonyl (C=O) groups is 2. The minimum absolute atomic E-state index is 0.0179. The normalized spacial score (nSPS) is 25.6. The third-order valence-corrected chi connectivity index (χ3v) is 8.16. The predicted molar refractivity (Wildman–Crippen MR) is 149 cm³/mol. The van der Waals surface area contributed by atoms with E-state index in [1.807, 2.05) is 6.07 Å². The number of carbonyl (C=O) groups excluding carboxylic acids is 2. The predicted octanol–water partition coefficient (Wildman–Crippen LogP) is 0.811. The van der Waals surface area contributed by atoms with Gasteiger partial charge in [-0.25, -0.2) is 13.9 Å². The largest absolute Gasteiger partial charge is 0.463 e. The summed E-state index contributed by atoms with van der Waals surface area (Å²) in [5, 5.41) is 38.8. The van der Waals surface area contributed by atoms with E-state index in [1.54, 1.807) is 0 Å². The van der Waals surface area contributed by atoms with Gasteiger partial charge in [0.2, 0.25) is 11.5 Å². The van der Waals surface area contributed by atoms with Crippen molar-refractivity contribution < 1.29 is 33.7 Å². The number of nitrogens with two attached hydrogens (primary N) is 2. The van der Waals surface area contributed by atoms with Gasteiger partial charge in [0.25, 0.3) is 0 Å². The summed E-state index contributed by atoms with van der Waals surface area (Å²) < 4.78 is 25.7. The molecule has 7 N–H and O–H groups in total. The molecule has 1 aliphatic heterocycles. The minimum Gasteiger partial charge on any atom is -0.463 e. The molecule has 5 atom stereocenters. The first-order valence-corrected chi connectivity index (χ1v) is 14.1. The maximum absolute atomic E-state index is 13.2. The van der Waals surface area contributed by atoms with Crippen LogP contribution in [0.3, 0.4) is 0 Å². The van der Waals surface area contributed by atoms with Crippen LogP contribution in [0, 0.1) is 17.1 Å². The van der Waals surface area contributed by atoms with Crippen LogP contribution in [-0.2, 0) is 31.1 Å². The average Bonchev–Trinajstić information content (AvgIpc) is 3.53. The summed E-state index contributed by atoms with van der Waals surface area (Å²) in [6.07, 6.45) is 1.17. The number of nitriles is 1. The SMILES string of the molecule is N#C[C@@]1(c2ccc3c(NC(=O)[C@@H](N)Cc4ccc(F)cc4)ncnn23)O[C@H](COC(=O)CC2(N)CCCCC2)[C@@H](O)[C@H]1O. The van der Waals surface area contributed by atoms with Gasteiger partial charge in [-0.05, 0) is 49.1 Å². The molecule has 1 aliphatic carbocycles. The molecule has 2 fully saturated rings. The van der Waals surface area contributed by atoms with E-state index in [-0.39, 0.29) is 29.9 Å². The van der Waals surface area contributed by atoms with Crippen molar-refractivity contribution in [2.75, 3.05) is 11.9 Å². The Bertz CT molecular complexity index is 1520. The zero-order chi connectivity index (χ0) is 30.8. The van der Waals surface area contributed by atoms with Crippen LogP contribution in [0.5, 0.6) is 0 Å². The second-order valence-corrected chi connectivity index (χ2v) is 11.3. The molecule has 0 unspecified atom stereocenters. The smallest absolute Gasteiger partial charge is 0.307 e. The lowest BCUT2D eigenvalue weighted by Gasteiger charge is -2.32. The summed E-state index contributed by atoms with van der Waals surface area (Å²) >= 11 is 0. The summed E-state index contributed by atoms with van der Waals surface area (Å²) in [5.41, 5.74) is 10.7. The number of nitrogens with one attached hydrogen (secondary N) is 1. The number of fused-ring (bicyclic) bond motifs is 1. The second-order valence-electron chi connectivity index (χ2n) is 11.3. The Labute approximate surface area is 246 Å². The molecule has 1 aromatic carbocycles. The fraction of sp³-hybridized carbons (Fsp3) is 0.483. The molecule has 14 heteroatoms. The Morgan fingerprint density at radius 3 is 2.63 bits per heavy atom. The quantitative estimate of drug-likeness (QED) is 0.218. The van der Waals surface area contributed by atoms with Crippen molar-refractivity contribution in [3.8, 4) is 6.07 Å². The molecule has 43 heavy (non-hydrogen) atoms. The van der Waals surface area contributed by atoms with E-state index >= 15 is 0 Å². The van der Waals surface area contributed by atoms with Crippen molar-refractivity contribution in [2.24, 2.45) is 11.5 Å². The highest BCUT2D eigenvalue weighted by Gasteiger charge is 2.58. The molecular weight excluding hydrogens is 561 g/mol. The fourth-order valence-electron chi connectivity index (χ4n) is 5.75. The third kappa shape index (κ3) is 6.22. The number of nitrogens with zero attached hydrogens (tertiary/aromatic N) is 4. The topological polar surface area (TPSA) is 211 Å². The number of aliphatic hydroxyl groups is 2. The highest BCUT2D eigenvalue weighted by atomic mass is 19.1. The monoisotopic (exact) mass is 595 g/mol. The summed E-state index contributed by atoms with van der Waals surface area (Å²) in [6, 6.07) is 9.55. The van der Waals surface area contributed by atoms with E-state index in [2.05, 4.69) is 15.4 Å². The summed E-state index contributed by atoms with van der Waals surface area (Å²) in [5.74, 6) is -1.45. The lowest BCUT2D eigenvalue weighted by atomic mass is 9.80. The Balaban J connectivity index is 1.30. The van der Waals surface area contributed by atoms with E-state index in [0.717, 1.165) is 25.6 Å². The molecule has 0 spiro atoms. The van der Waals surface area contributed by atoms with Crippen LogP contribution in [0.1, 0.15) is 49.8 Å². The molecule has 0 bridgehead atoms. The van der Waals surface area contributed by atoms with Crippen LogP contribution < -0.4 is 16.8 Å². The van der Waals surface area contributed by atoms with Crippen molar-refractivity contribution in [2.45, 2.75) is 80.4 Å². The van der Waals surface area contributed by atoms with Crippen molar-refractivity contribution in [3.05, 3.63) is 59.8 Å². The maximum atomic E-state index is 13.2. The molecule has 13 nitrogen and oxygen atoms in total. The van der Waals surface area contributed by atoms with Crippen LogP contribution in [0.15, 0.2) is 42.7 Å². The number of anilines is 1. The molecule has 0 radical (unpaired) electrons. The highest BCUT2D eigenvalue weighted by molar-refractivity contribution is 5.97. The number of amides is 1. The number of hydrogen-bond acceptors (Lipinski definition) is 11. The van der Waals surface area contributed by atoms with Gasteiger partial charge in [0, 0.05) is 5.54 Å². The van der Waals surface area contributed by atoms with Gasteiger partial charge in [-0.2, -0.15) is 10.4 Å². The molecule has 3 heterocycles. The van der Waals surface area contributed by atoms with E-state index in [1.165, 1.54) is 40.9 Å². The zero-order valence-corrected chi connectivity index (χ0v) is 23.4. The summed E-state index contributed by atoms with van der Waals surface area (Å²) in [7, 11) is 0. The molecule has 1 amide bonds. The molecule has 228 valence electrons. The van der Waals surface area contributed by atoms with Gasteiger partial charge in [0.15, 0.2) is 5.82 Å². The number of aliphatic hydroxyl groups excluding tert-OH is 2. The van der Waals surface area contributed by atoms with E-state index in [0.29, 0.717) is 18.4 Å². The van der Waals surface area contributed by atoms with Crippen LogP contribution in [0.25, 0.3) is 5.52 Å². The van der Waals surface area contributed by atoms with Gasteiger partial charge in [0.05, 0.1) is 18.2 Å². The lowest BCUT2D eigenvalue weighted by molar-refractivity contribution is -0.152. The lowest BCUT2D eigenvalue weighted by Crippen LogP contribution is -2.44. The van der Waals surface area contributed by atoms with Gasteiger partial charge < -0.3 is 36.5 Å². The van der Waals surface area contributed by atoms with Gasteiger partial charge in [-0.15, -0.1) is 0 Å². The van der Waals surface area contributed by atoms with Crippen LogP contribution in [0.2, 0.25) is 0 Å². The van der Waals surface area contributed by atoms with E-state index in [9.17, 15) is 29.5 Å². The molecule has 2 aromatic heterocycles. The van der Waals surface area contributed by atoms with Gasteiger partial charge in [-0.3, -0.25) is 9.59 Å². The Morgan fingerprint density at radius 2 is 1.93 bits per heavy atom. The van der Waals surface area contributed by atoms with Crippen LogP contribution >= 0.6 is 0 Å². The van der Waals surface area contributed by atoms with Crippen LogP contribution in [-0.4, -0.2) is 73.2 Å². The number of halogens is 1. The van der Waals surface area contributed by atoms with Crippen molar-refractivity contribution in [1.29, 1.82) is 5.26 Å². The highest BCUT2D eigenvalue weighted by Crippen LogP contribution is 2.41. The van der Waals surface area contributed by atoms with E-state index in [4.69, 9.17) is 20.9 Å². The number of esters is 1. The van der Waals surface area contributed by atoms with Gasteiger partial charge in [-0.1, -0.05) is 31.4 Å². The number of hydrogen-bond donors (Lipinski definition) is 5. The molecular formula is C29H34FN7O6. The van der Waals surface area contributed by atoms with E-state index < -0.39 is 59.8 Å². The standard InChI is InChI=1S/C29H34FN7O6/c30-18-6-4-17(5-7-18)12-19(32)27(41)36-26-20-8-9-22(37(20)35-16-34-26)29(15-31)25(40)24(39)21(43-29)14-42-23(38)13-28(33)10-2-1-3-11-28/h4-9,16,19,21,24-25,39-40H,1-3,10-14,32-33H2,(H,34,35,36,41)/t19-,21+,24+,25+,29-/m0/s1.